The van der Waals surface area contributed by atoms with Crippen molar-refractivity contribution in [3.63, 3.8) is 0 Å². The second-order valence-electron chi connectivity index (χ2n) is 0.947. The van der Waals surface area contributed by atoms with Crippen molar-refractivity contribution in [2.75, 3.05) is 0 Å². The van der Waals surface area contributed by atoms with Gasteiger partial charge in [-0.2, -0.15) is 4.98 Å². The number of hydrogen-bond acceptors (Lipinski definition) is 2. The third-order valence-electron chi connectivity index (χ3n) is 0.458. The lowest BCUT2D eigenvalue weighted by molar-refractivity contribution is 1.30. The first-order valence-corrected chi connectivity index (χ1v) is 2.42. The lowest BCUT2D eigenvalue weighted by atomic mass is 10.8. The number of nitrogens with zero attached hydrogens (tertiary/aromatic N) is 1. The lowest BCUT2D eigenvalue weighted by Gasteiger charge is -1.62. The summed E-state index contributed by atoms with van der Waals surface area (Å²) in [6.07, 6.45) is 2.57. The summed E-state index contributed by atoms with van der Waals surface area (Å²) in [6, 6.07) is 0. The molecule has 1 aromatic heterocycles. The van der Waals surface area contributed by atoms with Gasteiger partial charge in [0.05, 0.1) is 6.20 Å². The van der Waals surface area contributed by atoms with Crippen LogP contribution in [0.15, 0.2) is 0 Å². The van der Waals surface area contributed by atoms with Gasteiger partial charge in [0.2, 0.25) is 0 Å². The van der Waals surface area contributed by atoms with Crippen LogP contribution in [-0.2, 0) is 0 Å². The molecular weight excluding hydrogens is 94.1 g/mol. The van der Waals surface area contributed by atoms with Crippen molar-refractivity contribution < 1.29 is 0 Å². The van der Waals surface area contributed by atoms with Gasteiger partial charge in [-0.3, -0.25) is 0 Å². The average molecular weight is 97.1 g/mol. The zero-order valence-corrected chi connectivity index (χ0v) is 4.17. The fraction of sp³-hybridized carbons (Fsp3) is 0.250. The molecule has 0 aliphatic heterocycles. The van der Waals surface area contributed by atoms with Gasteiger partial charge in [-0.25, -0.2) is 0 Å². The Labute approximate surface area is 40.7 Å². The Kier molecular flexibility index (Phi) is 0.771. The van der Waals surface area contributed by atoms with Crippen molar-refractivity contribution in [2.45, 2.75) is 6.92 Å². The predicted octanol–water partition coefficient (Wildman–Crippen LogP) is 1.05. The second-order valence-corrected chi connectivity index (χ2v) is 1.95. The van der Waals surface area contributed by atoms with E-state index in [1.54, 1.807) is 0 Å². The van der Waals surface area contributed by atoms with Gasteiger partial charge >= 0.3 is 0 Å². The average Bonchev–Trinajstić information content (AvgIpc) is 1.86. The smallest absolute Gasteiger partial charge is 0.109 e. The van der Waals surface area contributed by atoms with E-state index in [0.717, 1.165) is 5.01 Å². The summed E-state index contributed by atoms with van der Waals surface area (Å²) >= 11 is 1.49. The summed E-state index contributed by atoms with van der Waals surface area (Å²) in [5, 5.41) is 3.76. The molecule has 0 saturated heterocycles. The largest absolute Gasteiger partial charge is 0.190 e. The van der Waals surface area contributed by atoms with E-state index >= 15 is 0 Å². The Morgan fingerprint density at radius 2 is 2.67 bits per heavy atom. The van der Waals surface area contributed by atoms with Crippen LogP contribution in [0.4, 0.5) is 0 Å². The van der Waals surface area contributed by atoms with E-state index in [1.807, 2.05) is 6.92 Å². The number of hydrogen-bond donors (Lipinski definition) is 0. The first-order valence-electron chi connectivity index (χ1n) is 1.61. The summed E-state index contributed by atoms with van der Waals surface area (Å²) in [5.74, 6) is 0. The Hall–Kier alpha value is -0.550. The standard InChI is InChI=1S/C4H3NS/c1-4-5-2-3-6-4/h1H3. The molecule has 0 aliphatic rings. The molecule has 1 aromatic rings. The van der Waals surface area contributed by atoms with Crippen LogP contribution in [-0.4, -0.2) is 4.98 Å². The van der Waals surface area contributed by atoms with Gasteiger partial charge in [0.15, 0.2) is 0 Å². The minimum Gasteiger partial charge on any atom is -0.190 e. The molecular formula is C4H3NS. The molecule has 0 atom stereocenters. The third kappa shape index (κ3) is 0.498. The van der Waals surface area contributed by atoms with Crippen LogP contribution in [0.25, 0.3) is 0 Å². The predicted molar refractivity (Wildman–Crippen MR) is 24.5 cm³/mol. The fourth-order valence-corrected chi connectivity index (χ4v) is 0.551. The highest BCUT2D eigenvalue weighted by molar-refractivity contribution is 7.08. The molecule has 1 rings (SSSR count). The molecule has 0 unspecified atom stereocenters. The Balaban J connectivity index is 3.05. The summed E-state index contributed by atoms with van der Waals surface area (Å²) in [7, 11) is 0. The van der Waals surface area contributed by atoms with Crippen molar-refractivity contribution >= 4 is 11.3 Å². The van der Waals surface area contributed by atoms with Gasteiger partial charge in [0.1, 0.15) is 5.01 Å². The fourth-order valence-electron chi connectivity index (χ4n) is 0.221. The molecule has 0 bridgehead atoms. The van der Waals surface area contributed by atoms with Crippen LogP contribution in [0, 0.1) is 18.5 Å². The zero-order valence-electron chi connectivity index (χ0n) is 3.36. The first-order chi connectivity index (χ1) is 2.89. The van der Waals surface area contributed by atoms with Gasteiger partial charge < -0.3 is 0 Å². The van der Waals surface area contributed by atoms with E-state index in [9.17, 15) is 0 Å². The van der Waals surface area contributed by atoms with E-state index in [4.69, 9.17) is 0 Å². The van der Waals surface area contributed by atoms with E-state index in [1.165, 1.54) is 11.3 Å². The molecule has 0 amide bonds. The molecule has 0 N–H and O–H groups in total. The second kappa shape index (κ2) is 1.27. The minimum atomic E-state index is 1.02. The summed E-state index contributed by atoms with van der Waals surface area (Å²) in [5.41, 5.74) is 0. The molecule has 6 heavy (non-hydrogen) atoms. The quantitative estimate of drug-likeness (QED) is 0.471. The van der Waals surface area contributed by atoms with Crippen LogP contribution in [0.2, 0.25) is 0 Å². The first kappa shape index (κ1) is 3.63. The molecule has 1 nitrogen and oxygen atoms in total. The normalized spacial score (nSPS) is 7.50. The highest BCUT2D eigenvalue weighted by atomic mass is 32.1. The SMILES string of the molecule is Cc1nc#cs1. The molecule has 30 valence electrons. The minimum absolute atomic E-state index is 1.02. The zero-order chi connectivity index (χ0) is 4.41. The third-order valence-corrected chi connectivity index (χ3v) is 1.04. The van der Waals surface area contributed by atoms with Gasteiger partial charge in [0.25, 0.3) is 0 Å². The van der Waals surface area contributed by atoms with Crippen LogP contribution in [0.1, 0.15) is 5.01 Å². The van der Waals surface area contributed by atoms with Crippen molar-refractivity contribution in [1.82, 2.24) is 4.98 Å². The maximum Gasteiger partial charge on any atom is 0.109 e. The lowest BCUT2D eigenvalue weighted by Crippen LogP contribution is -1.57. The van der Waals surface area contributed by atoms with Crippen molar-refractivity contribution in [3.8, 4) is 0 Å². The Morgan fingerprint density at radius 3 is 2.83 bits per heavy atom. The molecule has 0 aromatic carbocycles. The number of aromatic nitrogens is 1. The van der Waals surface area contributed by atoms with Gasteiger partial charge in [-0.1, -0.05) is 11.3 Å². The van der Waals surface area contributed by atoms with Crippen LogP contribution >= 0.6 is 11.3 Å². The molecule has 0 saturated carbocycles. The molecule has 0 spiro atoms. The molecule has 0 radical (unpaired) electrons. The number of aryl methyl sites for hydroxylation is 1. The van der Waals surface area contributed by atoms with E-state index in [-0.39, 0.29) is 0 Å². The topological polar surface area (TPSA) is 12.9 Å². The summed E-state index contributed by atoms with van der Waals surface area (Å²) in [6.45, 7) is 1.93. The highest BCUT2D eigenvalue weighted by Gasteiger charge is 1.74. The highest BCUT2D eigenvalue weighted by Crippen LogP contribution is 1.92. The molecule has 2 heteroatoms. The monoisotopic (exact) mass is 97.0 g/mol. The molecule has 0 fully saturated rings. The van der Waals surface area contributed by atoms with Crippen molar-refractivity contribution in [3.05, 3.63) is 16.6 Å². The van der Waals surface area contributed by atoms with Crippen LogP contribution < -0.4 is 0 Å². The van der Waals surface area contributed by atoms with Crippen molar-refractivity contribution in [2.24, 2.45) is 0 Å². The summed E-state index contributed by atoms with van der Waals surface area (Å²) in [4.78, 5) is 3.75. The maximum absolute atomic E-state index is 3.75. The molecule has 0 aliphatic carbocycles. The van der Waals surface area contributed by atoms with Gasteiger partial charge in [-0.15, -0.1) is 0 Å². The van der Waals surface area contributed by atoms with Gasteiger partial charge in [0, 0.05) is 5.38 Å². The number of rotatable bonds is 0. The Morgan fingerprint density at radius 1 is 1.83 bits per heavy atom. The molecule has 1 heterocycles. The van der Waals surface area contributed by atoms with E-state index in [0.29, 0.717) is 0 Å². The van der Waals surface area contributed by atoms with Crippen molar-refractivity contribution in [1.29, 1.82) is 0 Å². The van der Waals surface area contributed by atoms with Crippen LogP contribution in [0.5, 0.6) is 0 Å². The van der Waals surface area contributed by atoms with Gasteiger partial charge in [-0.05, 0) is 6.92 Å². The van der Waals surface area contributed by atoms with E-state index in [2.05, 4.69) is 16.6 Å². The van der Waals surface area contributed by atoms with E-state index < -0.39 is 0 Å². The Bertz CT molecular complexity index is 111. The summed E-state index contributed by atoms with van der Waals surface area (Å²) < 4.78 is 0. The van der Waals surface area contributed by atoms with Crippen LogP contribution in [0.3, 0.4) is 0 Å². The maximum atomic E-state index is 3.75.